The molecular formula is C25H30F5N9. The van der Waals surface area contributed by atoms with E-state index in [-0.39, 0.29) is 24.8 Å². The van der Waals surface area contributed by atoms with E-state index in [1.165, 1.54) is 4.57 Å². The van der Waals surface area contributed by atoms with E-state index < -0.39 is 25.1 Å². The fourth-order valence-corrected chi connectivity index (χ4v) is 5.22. The Hall–Kier alpha value is -3.55. The molecule has 0 amide bonds. The molecule has 39 heavy (non-hydrogen) atoms. The van der Waals surface area contributed by atoms with Gasteiger partial charge in [-0.05, 0) is 44.5 Å². The molecule has 6 rings (SSSR count). The summed E-state index contributed by atoms with van der Waals surface area (Å²) < 4.78 is 66.8. The lowest BCUT2D eigenvalue weighted by Gasteiger charge is -2.44. The van der Waals surface area contributed by atoms with E-state index in [1.807, 2.05) is 11.0 Å². The van der Waals surface area contributed by atoms with Gasteiger partial charge in [-0.2, -0.15) is 4.98 Å². The fraction of sp³-hybridized carbons (Fsp3) is 0.520. The highest BCUT2D eigenvalue weighted by Crippen LogP contribution is 2.41. The Balaban J connectivity index is 0.000000198. The lowest BCUT2D eigenvalue weighted by Crippen LogP contribution is -2.54. The van der Waals surface area contributed by atoms with Gasteiger partial charge in [0.2, 0.25) is 5.95 Å². The highest BCUT2D eigenvalue weighted by molar-refractivity contribution is 5.89. The van der Waals surface area contributed by atoms with Crippen LogP contribution in [0.25, 0.3) is 27.9 Å². The molecule has 1 atom stereocenters. The molecule has 3 N–H and O–H groups in total. The van der Waals surface area contributed by atoms with Crippen molar-refractivity contribution in [1.82, 2.24) is 34.0 Å². The topological polar surface area (TPSA) is 102 Å². The fourth-order valence-electron chi connectivity index (χ4n) is 5.22. The largest absolute Gasteiger partial charge is 0.371 e. The average molecular weight is 552 g/mol. The highest BCUT2D eigenvalue weighted by Gasteiger charge is 2.48. The van der Waals surface area contributed by atoms with E-state index in [2.05, 4.69) is 25.4 Å². The molecule has 0 aromatic carbocycles. The standard InChI is InChI=1S/C16H16F2N8.C9H14F3N/c1-8-21-11-4-3-10(22-15(11)25(8)7-12(17)18)9-5-6-26-13(9)14(20-2)23-16(19)24-26;10-7-2-1-3-13(6-7)8-4-9(11,12)5-8/h3-6,12H,7H2,1-2H3,(H3,19,20,23,24);7-8H,1-6H2/t;7-/m.1/s1. The van der Waals surface area contributed by atoms with Gasteiger partial charge in [-0.3, -0.25) is 4.90 Å². The summed E-state index contributed by atoms with van der Waals surface area (Å²) in [5.41, 5.74) is 8.78. The van der Waals surface area contributed by atoms with Crippen LogP contribution < -0.4 is 11.1 Å². The van der Waals surface area contributed by atoms with E-state index in [9.17, 15) is 22.0 Å². The van der Waals surface area contributed by atoms with Gasteiger partial charge in [-0.25, -0.2) is 36.4 Å². The number of aromatic nitrogens is 6. The number of nitrogens with zero attached hydrogens (tertiary/aromatic N) is 7. The normalized spacial score (nSPS) is 19.7. The second kappa shape index (κ2) is 10.5. The first-order valence-electron chi connectivity index (χ1n) is 12.8. The minimum atomic E-state index is -2.49. The zero-order chi connectivity index (χ0) is 27.9. The number of aryl methyl sites for hydroxylation is 1. The van der Waals surface area contributed by atoms with Crippen LogP contribution in [0.5, 0.6) is 0 Å². The highest BCUT2D eigenvalue weighted by atomic mass is 19.3. The van der Waals surface area contributed by atoms with Gasteiger partial charge >= 0.3 is 0 Å². The van der Waals surface area contributed by atoms with E-state index in [1.54, 1.807) is 36.8 Å². The number of pyridine rings is 1. The molecule has 0 bridgehead atoms. The Labute approximate surface area is 221 Å². The third kappa shape index (κ3) is 5.60. The summed E-state index contributed by atoms with van der Waals surface area (Å²) in [6.07, 6.45) is -0.276. The summed E-state index contributed by atoms with van der Waals surface area (Å²) in [5.74, 6) is -1.29. The Bertz CT molecular complexity index is 1460. The molecule has 9 nitrogen and oxygen atoms in total. The van der Waals surface area contributed by atoms with Gasteiger partial charge in [0.1, 0.15) is 23.0 Å². The number of rotatable bonds is 5. The maximum atomic E-state index is 12.9. The molecule has 1 saturated heterocycles. The number of fused-ring (bicyclic) bond motifs is 2. The molecule has 0 spiro atoms. The molecule has 5 heterocycles. The Kier molecular flexibility index (Phi) is 7.31. The molecule has 210 valence electrons. The monoisotopic (exact) mass is 551 g/mol. The number of hydrogen-bond acceptors (Lipinski definition) is 7. The van der Waals surface area contributed by atoms with Crippen molar-refractivity contribution in [1.29, 1.82) is 0 Å². The van der Waals surface area contributed by atoms with Crippen LogP contribution in [-0.4, -0.2) is 78.7 Å². The van der Waals surface area contributed by atoms with Crippen LogP contribution >= 0.6 is 0 Å². The quantitative estimate of drug-likeness (QED) is 0.351. The van der Waals surface area contributed by atoms with E-state index in [0.29, 0.717) is 47.0 Å². The van der Waals surface area contributed by atoms with Crippen molar-refractivity contribution in [3.63, 3.8) is 0 Å². The van der Waals surface area contributed by atoms with Crippen molar-refractivity contribution < 1.29 is 22.0 Å². The van der Waals surface area contributed by atoms with E-state index in [4.69, 9.17) is 5.73 Å². The van der Waals surface area contributed by atoms with Gasteiger partial charge in [0, 0.05) is 44.2 Å². The number of hydrogen-bond donors (Lipinski definition) is 2. The number of piperidine rings is 1. The second-order valence-corrected chi connectivity index (χ2v) is 9.94. The van der Waals surface area contributed by atoms with Gasteiger partial charge in [-0.15, -0.1) is 5.10 Å². The summed E-state index contributed by atoms with van der Waals surface area (Å²) in [6, 6.07) is 5.34. The van der Waals surface area contributed by atoms with Crippen LogP contribution in [0.15, 0.2) is 24.4 Å². The number of nitrogens with two attached hydrogens (primary N) is 1. The number of nitrogen functional groups attached to an aromatic ring is 1. The summed E-state index contributed by atoms with van der Waals surface area (Å²) >= 11 is 0. The van der Waals surface area contributed by atoms with Crippen molar-refractivity contribution in [3.8, 4) is 11.3 Å². The van der Waals surface area contributed by atoms with E-state index >= 15 is 0 Å². The minimum Gasteiger partial charge on any atom is -0.371 e. The van der Waals surface area contributed by atoms with E-state index in [0.717, 1.165) is 18.5 Å². The molecule has 2 fully saturated rings. The first-order valence-corrected chi connectivity index (χ1v) is 12.8. The zero-order valence-electron chi connectivity index (χ0n) is 21.6. The van der Waals surface area contributed by atoms with Gasteiger partial charge in [0.25, 0.3) is 12.3 Å². The number of halogens is 5. The number of alkyl halides is 5. The van der Waals surface area contributed by atoms with Crippen LogP contribution in [0.3, 0.4) is 0 Å². The first kappa shape index (κ1) is 27.0. The summed E-state index contributed by atoms with van der Waals surface area (Å²) in [6.45, 7) is 2.39. The van der Waals surface area contributed by atoms with Crippen LogP contribution in [0, 0.1) is 6.92 Å². The molecule has 14 heteroatoms. The number of nitrogens with one attached hydrogen (secondary N) is 1. The van der Waals surface area contributed by atoms with Crippen molar-refractivity contribution in [2.75, 3.05) is 31.2 Å². The number of imidazole rings is 1. The first-order chi connectivity index (χ1) is 18.5. The molecule has 0 unspecified atom stereocenters. The van der Waals surface area contributed by atoms with Crippen molar-refractivity contribution in [2.24, 2.45) is 0 Å². The second-order valence-electron chi connectivity index (χ2n) is 9.94. The number of anilines is 2. The predicted octanol–water partition coefficient (Wildman–Crippen LogP) is 4.56. The van der Waals surface area contributed by atoms with Gasteiger partial charge in [-0.1, -0.05) is 0 Å². The smallest absolute Gasteiger partial charge is 0.256 e. The lowest BCUT2D eigenvalue weighted by molar-refractivity contribution is -0.130. The number of likely N-dealkylation sites (tertiary alicyclic amines) is 1. The molecule has 4 aromatic heterocycles. The molecular weight excluding hydrogens is 521 g/mol. The van der Waals surface area contributed by atoms with Crippen LogP contribution in [-0.2, 0) is 6.54 Å². The summed E-state index contributed by atoms with van der Waals surface area (Å²) in [7, 11) is 1.73. The molecule has 4 aromatic rings. The maximum absolute atomic E-state index is 12.9. The zero-order valence-corrected chi connectivity index (χ0v) is 21.6. The van der Waals surface area contributed by atoms with Crippen LogP contribution in [0.2, 0.25) is 0 Å². The molecule has 2 aliphatic rings. The SMILES string of the molecule is CNc1nc(N)nn2ccc(-c3ccc4nc(C)n(CC(F)F)c4n3)c12.F[C@@H]1CCCN(C2CC(F)(F)C2)C1. The van der Waals surface area contributed by atoms with Crippen molar-refractivity contribution >= 4 is 28.4 Å². The molecule has 1 aliphatic carbocycles. The Morgan fingerprint density at radius 1 is 1.15 bits per heavy atom. The lowest BCUT2D eigenvalue weighted by atomic mass is 9.85. The van der Waals surface area contributed by atoms with Gasteiger partial charge in [0.05, 0.1) is 12.2 Å². The summed E-state index contributed by atoms with van der Waals surface area (Å²) in [5, 5.41) is 7.14. The third-order valence-corrected chi connectivity index (χ3v) is 7.12. The molecule has 0 radical (unpaired) electrons. The van der Waals surface area contributed by atoms with Crippen LogP contribution in [0.4, 0.5) is 33.7 Å². The van der Waals surface area contributed by atoms with Crippen molar-refractivity contribution in [2.45, 2.75) is 63.7 Å². The minimum absolute atomic E-state index is 0.0615. The third-order valence-electron chi connectivity index (χ3n) is 7.12. The van der Waals surface area contributed by atoms with Crippen LogP contribution in [0.1, 0.15) is 31.5 Å². The Morgan fingerprint density at radius 2 is 1.92 bits per heavy atom. The maximum Gasteiger partial charge on any atom is 0.256 e. The Morgan fingerprint density at radius 3 is 2.59 bits per heavy atom. The summed E-state index contributed by atoms with van der Waals surface area (Å²) in [4.78, 5) is 15.0. The van der Waals surface area contributed by atoms with Gasteiger partial charge in [0.15, 0.2) is 11.5 Å². The molecule has 1 aliphatic heterocycles. The molecule has 1 saturated carbocycles. The predicted molar refractivity (Wildman–Crippen MR) is 138 cm³/mol. The van der Waals surface area contributed by atoms with Crippen molar-refractivity contribution in [3.05, 3.63) is 30.2 Å². The average Bonchev–Trinajstić information content (AvgIpc) is 3.42. The van der Waals surface area contributed by atoms with Gasteiger partial charge < -0.3 is 15.6 Å².